The van der Waals surface area contributed by atoms with Gasteiger partial charge in [-0.1, -0.05) is 24.6 Å². The fourth-order valence-corrected chi connectivity index (χ4v) is 5.17. The molecule has 3 N–H and O–H groups in total. The molecule has 3 rings (SSSR count). The molecule has 1 aliphatic carbocycles. The smallest absolute Gasteiger partial charge is 0.410 e. The van der Waals surface area contributed by atoms with Crippen molar-refractivity contribution in [1.29, 1.82) is 0 Å². The lowest BCUT2D eigenvalue weighted by Gasteiger charge is -2.34. The van der Waals surface area contributed by atoms with Crippen molar-refractivity contribution < 1.29 is 14.3 Å². The highest BCUT2D eigenvalue weighted by Crippen LogP contribution is 2.28. The zero-order valence-electron chi connectivity index (χ0n) is 19.8. The van der Waals surface area contributed by atoms with Crippen molar-refractivity contribution in [2.45, 2.75) is 71.0 Å². The number of carbonyl (C=O) groups is 1. The van der Waals surface area contributed by atoms with Crippen molar-refractivity contribution in [3.63, 3.8) is 0 Å². The minimum Gasteiger partial charge on any atom is -0.489 e. The molecule has 1 amide bonds. The summed E-state index contributed by atoms with van der Waals surface area (Å²) in [4.78, 5) is 18.4. The standard InChI is InChI=1S/C24H36N4O3S2/c1-24(2,3)31-23(29)28-14-6-9-20(15-28)30-19-12-10-18(11-13-19)26-22(32)27-21(25)33-16-17-7-4-5-8-17/h10-13,17,20H,4-9,14-16H2,1-3H3,(H3,25,26,27,32). The minimum atomic E-state index is -0.502. The van der Waals surface area contributed by atoms with Crippen LogP contribution in [0.1, 0.15) is 59.3 Å². The molecule has 182 valence electrons. The third kappa shape index (κ3) is 9.04. The highest BCUT2D eigenvalue weighted by Gasteiger charge is 2.28. The lowest BCUT2D eigenvalue weighted by atomic mass is 10.1. The van der Waals surface area contributed by atoms with Crippen LogP contribution in [0.15, 0.2) is 29.3 Å². The van der Waals surface area contributed by atoms with E-state index in [0.717, 1.165) is 35.9 Å². The maximum atomic E-state index is 12.3. The van der Waals surface area contributed by atoms with E-state index in [-0.39, 0.29) is 12.2 Å². The Balaban J connectivity index is 1.45. The number of rotatable bonds is 5. The van der Waals surface area contributed by atoms with Gasteiger partial charge in [-0.25, -0.2) is 4.79 Å². The van der Waals surface area contributed by atoms with Crippen molar-refractivity contribution in [3.8, 4) is 5.75 Å². The van der Waals surface area contributed by atoms with Gasteiger partial charge in [-0.05, 0) is 88.9 Å². The number of anilines is 1. The van der Waals surface area contributed by atoms with E-state index in [1.54, 1.807) is 16.7 Å². The molecule has 1 aromatic rings. The molecule has 1 heterocycles. The molecule has 1 aliphatic heterocycles. The van der Waals surface area contributed by atoms with Crippen LogP contribution in [0.4, 0.5) is 10.5 Å². The summed E-state index contributed by atoms with van der Waals surface area (Å²) >= 11 is 6.91. The highest BCUT2D eigenvalue weighted by atomic mass is 32.2. The third-order valence-electron chi connectivity index (χ3n) is 5.59. The van der Waals surface area contributed by atoms with Crippen LogP contribution in [0.3, 0.4) is 0 Å². The first-order valence-corrected chi connectivity index (χ1v) is 13.1. The second kappa shape index (κ2) is 11.9. The molecule has 0 bridgehead atoms. The van der Waals surface area contributed by atoms with Crippen LogP contribution in [0.2, 0.25) is 0 Å². The van der Waals surface area contributed by atoms with Gasteiger partial charge < -0.3 is 25.4 Å². The second-order valence-electron chi connectivity index (χ2n) is 9.67. The maximum absolute atomic E-state index is 12.3. The van der Waals surface area contributed by atoms with Crippen molar-refractivity contribution in [1.82, 2.24) is 4.90 Å². The van der Waals surface area contributed by atoms with Gasteiger partial charge in [0.1, 0.15) is 17.5 Å². The number of hydrogen-bond acceptors (Lipinski definition) is 5. The quantitative estimate of drug-likeness (QED) is 0.323. The van der Waals surface area contributed by atoms with Crippen molar-refractivity contribution in [2.75, 3.05) is 24.2 Å². The summed E-state index contributed by atoms with van der Waals surface area (Å²) in [5, 5.41) is 3.95. The number of piperidine rings is 1. The molecule has 2 aliphatic rings. The molecule has 9 heteroatoms. The first-order valence-electron chi connectivity index (χ1n) is 11.7. The van der Waals surface area contributed by atoms with Crippen LogP contribution >= 0.6 is 24.0 Å². The lowest BCUT2D eigenvalue weighted by molar-refractivity contribution is 0.00776. The molecule has 1 aromatic carbocycles. The molecule has 2 fully saturated rings. The number of ether oxygens (including phenoxy) is 2. The number of benzene rings is 1. The van der Waals surface area contributed by atoms with Crippen LogP contribution in [-0.2, 0) is 4.74 Å². The fourth-order valence-electron chi connectivity index (χ4n) is 4.00. The first kappa shape index (κ1) is 25.6. The lowest BCUT2D eigenvalue weighted by Crippen LogP contribution is -2.46. The molecule has 0 spiro atoms. The van der Waals surface area contributed by atoms with Crippen molar-refractivity contribution >= 4 is 46.0 Å². The van der Waals surface area contributed by atoms with Crippen molar-refractivity contribution in [3.05, 3.63) is 24.3 Å². The molecule has 0 aromatic heterocycles. The Morgan fingerprint density at radius 1 is 1.21 bits per heavy atom. The summed E-state index contributed by atoms with van der Waals surface area (Å²) in [5.74, 6) is 2.51. The van der Waals surface area contributed by atoms with E-state index in [4.69, 9.17) is 27.4 Å². The number of aliphatic imine (C=N–C) groups is 1. The van der Waals surface area contributed by atoms with Gasteiger partial charge in [0, 0.05) is 18.0 Å². The van der Waals surface area contributed by atoms with E-state index in [1.807, 2.05) is 45.0 Å². The van der Waals surface area contributed by atoms with Gasteiger partial charge in [-0.3, -0.25) is 0 Å². The number of likely N-dealkylation sites (tertiary alicyclic amines) is 1. The number of hydrogen-bond donors (Lipinski definition) is 2. The number of carbonyl (C=O) groups excluding carboxylic acids is 1. The normalized spacial score (nSPS) is 19.9. The molecule has 0 radical (unpaired) electrons. The summed E-state index contributed by atoms with van der Waals surface area (Å²) in [6.07, 6.45) is 6.66. The van der Waals surface area contributed by atoms with E-state index in [0.29, 0.717) is 23.4 Å². The maximum Gasteiger partial charge on any atom is 0.410 e. The topological polar surface area (TPSA) is 89.2 Å². The van der Waals surface area contributed by atoms with Gasteiger partial charge in [-0.15, -0.1) is 0 Å². The van der Waals surface area contributed by atoms with Crippen LogP contribution in [0.25, 0.3) is 0 Å². The average Bonchev–Trinajstić information content (AvgIpc) is 3.26. The van der Waals surface area contributed by atoms with Crippen molar-refractivity contribution in [2.24, 2.45) is 16.6 Å². The Labute approximate surface area is 206 Å². The predicted octanol–water partition coefficient (Wildman–Crippen LogP) is 5.40. The monoisotopic (exact) mass is 492 g/mol. The summed E-state index contributed by atoms with van der Waals surface area (Å²) < 4.78 is 11.6. The summed E-state index contributed by atoms with van der Waals surface area (Å²) in [6.45, 7) is 6.83. The Kier molecular flexibility index (Phi) is 9.26. The fraction of sp³-hybridized carbons (Fsp3) is 0.625. The number of nitrogens with two attached hydrogens (primary N) is 1. The highest BCUT2D eigenvalue weighted by molar-refractivity contribution is 8.13. The largest absolute Gasteiger partial charge is 0.489 e. The van der Waals surface area contributed by atoms with Crippen LogP contribution in [-0.4, -0.2) is 51.8 Å². The molecular weight excluding hydrogens is 456 g/mol. The Hall–Kier alpha value is -2.00. The zero-order chi connectivity index (χ0) is 23.8. The van der Waals surface area contributed by atoms with Gasteiger partial charge >= 0.3 is 6.09 Å². The predicted molar refractivity (Wildman–Crippen MR) is 140 cm³/mol. The van der Waals surface area contributed by atoms with E-state index in [1.165, 1.54) is 25.7 Å². The molecule has 1 saturated carbocycles. The van der Waals surface area contributed by atoms with Gasteiger partial charge in [0.2, 0.25) is 0 Å². The molecule has 1 atom stereocenters. The van der Waals surface area contributed by atoms with Crippen LogP contribution in [0.5, 0.6) is 5.75 Å². The van der Waals surface area contributed by atoms with Gasteiger partial charge in [0.15, 0.2) is 10.3 Å². The Bertz CT molecular complexity index is 833. The summed E-state index contributed by atoms with van der Waals surface area (Å²) in [7, 11) is 0. The van der Waals surface area contributed by atoms with Gasteiger partial charge in [0.25, 0.3) is 0 Å². The molecule has 7 nitrogen and oxygen atoms in total. The average molecular weight is 493 g/mol. The molecular formula is C24H36N4O3S2. The minimum absolute atomic E-state index is 0.0626. The second-order valence-corrected chi connectivity index (χ2v) is 11.1. The molecule has 33 heavy (non-hydrogen) atoms. The number of nitrogens with one attached hydrogen (secondary N) is 1. The number of thioether (sulfide) groups is 1. The number of amides is 1. The third-order valence-corrected chi connectivity index (χ3v) is 6.81. The summed E-state index contributed by atoms with van der Waals surface area (Å²) in [5.41, 5.74) is 6.35. The molecule has 1 unspecified atom stereocenters. The SMILES string of the molecule is CC(C)(C)OC(=O)N1CCCC(Oc2ccc(NC(=S)/N=C(\N)SCC3CCCC3)cc2)C1. The zero-order valence-corrected chi connectivity index (χ0v) is 21.5. The van der Waals surface area contributed by atoms with Gasteiger partial charge in [0.05, 0.1) is 6.54 Å². The first-order chi connectivity index (χ1) is 15.7. The Morgan fingerprint density at radius 2 is 1.91 bits per heavy atom. The summed E-state index contributed by atoms with van der Waals surface area (Å²) in [6, 6.07) is 7.57. The number of thiocarbonyl (C=S) groups is 1. The van der Waals surface area contributed by atoms with E-state index < -0.39 is 5.60 Å². The van der Waals surface area contributed by atoms with E-state index >= 15 is 0 Å². The van der Waals surface area contributed by atoms with Crippen LogP contribution in [0, 0.1) is 5.92 Å². The van der Waals surface area contributed by atoms with Crippen LogP contribution < -0.4 is 15.8 Å². The van der Waals surface area contributed by atoms with Gasteiger partial charge in [-0.2, -0.15) is 4.99 Å². The van der Waals surface area contributed by atoms with E-state index in [9.17, 15) is 4.79 Å². The van der Waals surface area contributed by atoms with E-state index in [2.05, 4.69) is 10.3 Å². The number of nitrogens with zero attached hydrogens (tertiary/aromatic N) is 2. The number of amidine groups is 1. The molecule has 1 saturated heterocycles. The Morgan fingerprint density at radius 3 is 2.58 bits per heavy atom.